The smallest absolute Gasteiger partial charge is 0.123 e. The van der Waals surface area contributed by atoms with Crippen molar-refractivity contribution in [2.75, 3.05) is 13.1 Å². The second-order valence-electron chi connectivity index (χ2n) is 10.6. The van der Waals surface area contributed by atoms with Gasteiger partial charge in [-0.15, -0.1) is 0 Å². The van der Waals surface area contributed by atoms with Crippen LogP contribution in [-0.4, -0.2) is 33.3 Å². The molecule has 202 valence electrons. The fourth-order valence-corrected chi connectivity index (χ4v) is 5.81. The van der Waals surface area contributed by atoms with Crippen molar-refractivity contribution in [3.05, 3.63) is 103 Å². The number of nitrogens with one attached hydrogen (secondary N) is 3. The van der Waals surface area contributed by atoms with Crippen LogP contribution in [0.15, 0.2) is 91.3 Å². The summed E-state index contributed by atoms with van der Waals surface area (Å²) in [6.07, 6.45) is 15.3. The van der Waals surface area contributed by atoms with Crippen LogP contribution in [0.3, 0.4) is 0 Å². The molecule has 1 fully saturated rings. The first kappa shape index (κ1) is 26.0. The number of pyridine rings is 1. The summed E-state index contributed by atoms with van der Waals surface area (Å²) in [6, 6.07) is 15.1. The van der Waals surface area contributed by atoms with Gasteiger partial charge in [0.2, 0.25) is 0 Å². The van der Waals surface area contributed by atoms with Crippen LogP contribution in [0, 0.1) is 11.7 Å². The fourth-order valence-electron chi connectivity index (χ4n) is 5.81. The van der Waals surface area contributed by atoms with E-state index in [4.69, 9.17) is 0 Å². The lowest BCUT2D eigenvalue weighted by molar-refractivity contribution is 0.503. The number of H-pyrrole nitrogens is 2. The minimum absolute atomic E-state index is 0.269. The van der Waals surface area contributed by atoms with E-state index in [0.29, 0.717) is 0 Å². The van der Waals surface area contributed by atoms with Crippen LogP contribution >= 0.6 is 0 Å². The van der Waals surface area contributed by atoms with Crippen LogP contribution in [0.1, 0.15) is 38.2 Å². The number of benzene rings is 2. The van der Waals surface area contributed by atoms with E-state index in [1.807, 2.05) is 12.1 Å². The first-order chi connectivity index (χ1) is 19.6. The zero-order valence-electron chi connectivity index (χ0n) is 22.8. The zero-order chi connectivity index (χ0) is 27.5. The van der Waals surface area contributed by atoms with Crippen LogP contribution < -0.4 is 5.32 Å². The van der Waals surface area contributed by atoms with E-state index in [1.165, 1.54) is 43.4 Å². The van der Waals surface area contributed by atoms with E-state index in [-0.39, 0.29) is 5.82 Å². The number of hydrogen-bond acceptors (Lipinski definition) is 3. The number of hydrogen-bond donors (Lipinski definition) is 3. The van der Waals surface area contributed by atoms with Gasteiger partial charge in [0, 0.05) is 29.1 Å². The Hall–Kier alpha value is -4.29. The molecule has 5 nitrogen and oxygen atoms in total. The SMILES string of the molecule is C=C/C(=C\C(=C/C)c1ccc2[nH]nc(-c3cc4c(-c5cccc(F)c5)cncc4[nH]3)c2c1)CNCC1CCCC1. The summed E-state index contributed by atoms with van der Waals surface area (Å²) in [5, 5.41) is 13.5. The van der Waals surface area contributed by atoms with Gasteiger partial charge in [0.1, 0.15) is 11.5 Å². The van der Waals surface area contributed by atoms with Crippen LogP contribution in [0.4, 0.5) is 4.39 Å². The Labute approximate surface area is 233 Å². The van der Waals surface area contributed by atoms with Gasteiger partial charge in [-0.2, -0.15) is 5.10 Å². The molecule has 0 atom stereocenters. The highest BCUT2D eigenvalue weighted by atomic mass is 19.1. The Morgan fingerprint density at radius 1 is 1.07 bits per heavy atom. The molecule has 0 aliphatic heterocycles. The van der Waals surface area contributed by atoms with Crippen molar-refractivity contribution in [1.82, 2.24) is 25.5 Å². The molecule has 1 aliphatic carbocycles. The monoisotopic (exact) mass is 531 g/mol. The van der Waals surface area contributed by atoms with Gasteiger partial charge < -0.3 is 10.3 Å². The van der Waals surface area contributed by atoms with Gasteiger partial charge >= 0.3 is 0 Å². The summed E-state index contributed by atoms with van der Waals surface area (Å²) in [7, 11) is 0. The normalized spacial score (nSPS) is 14.9. The molecular weight excluding hydrogens is 497 g/mol. The van der Waals surface area contributed by atoms with Crippen LogP contribution in [-0.2, 0) is 0 Å². The van der Waals surface area contributed by atoms with E-state index >= 15 is 0 Å². The van der Waals surface area contributed by atoms with Gasteiger partial charge in [-0.1, -0.05) is 55.8 Å². The predicted octanol–water partition coefficient (Wildman–Crippen LogP) is 8.21. The lowest BCUT2D eigenvalue weighted by atomic mass is 9.99. The number of allylic oxidation sites excluding steroid dienone is 3. The molecule has 3 N–H and O–H groups in total. The average Bonchev–Trinajstić information content (AvgIpc) is 3.74. The molecular formula is C34H34FN5. The third-order valence-electron chi connectivity index (χ3n) is 7.98. The van der Waals surface area contributed by atoms with Crippen LogP contribution in [0.5, 0.6) is 0 Å². The molecule has 3 aromatic heterocycles. The molecule has 3 heterocycles. The maximum Gasteiger partial charge on any atom is 0.123 e. The van der Waals surface area contributed by atoms with Crippen LogP contribution in [0.25, 0.3) is 49.9 Å². The summed E-state index contributed by atoms with van der Waals surface area (Å²) in [5.41, 5.74) is 8.64. The molecule has 6 heteroatoms. The van der Waals surface area contributed by atoms with Gasteiger partial charge in [0.25, 0.3) is 0 Å². The van der Waals surface area contributed by atoms with E-state index < -0.39 is 0 Å². The molecule has 1 saturated carbocycles. The quantitative estimate of drug-likeness (QED) is 0.168. The summed E-state index contributed by atoms with van der Waals surface area (Å²) in [6.45, 7) is 8.01. The first-order valence-corrected chi connectivity index (χ1v) is 14.0. The Balaban J connectivity index is 1.31. The van der Waals surface area contributed by atoms with Gasteiger partial charge in [0.05, 0.1) is 22.9 Å². The molecule has 0 bridgehead atoms. The number of aromatic amines is 2. The van der Waals surface area contributed by atoms with E-state index in [0.717, 1.165) is 74.5 Å². The fraction of sp³-hybridized carbons (Fsp3) is 0.235. The molecule has 40 heavy (non-hydrogen) atoms. The lowest BCUT2D eigenvalue weighted by Gasteiger charge is -2.12. The van der Waals surface area contributed by atoms with Gasteiger partial charge in [-0.05, 0) is 84.8 Å². The third-order valence-corrected chi connectivity index (χ3v) is 7.98. The summed E-state index contributed by atoms with van der Waals surface area (Å²) >= 11 is 0. The number of halogens is 1. The average molecular weight is 532 g/mol. The summed E-state index contributed by atoms with van der Waals surface area (Å²) in [5.74, 6) is 0.536. The van der Waals surface area contributed by atoms with E-state index in [9.17, 15) is 4.39 Å². The lowest BCUT2D eigenvalue weighted by Crippen LogP contribution is -2.23. The predicted molar refractivity (Wildman–Crippen MR) is 163 cm³/mol. The standard InChI is InChI=1S/C34H34FN5/c1-3-22(18-36-19-23-8-5-6-9-23)14-24(4-2)25-12-13-31-29(16-25)34(40-39-31)32-17-28-30(20-37-21-33(28)38-32)26-10-7-11-27(35)15-26/h3-4,7,10-17,20-21,23,36,38H,1,5-6,8-9,18-19H2,2H3,(H,39,40)/b22-14+,24-4+. The summed E-state index contributed by atoms with van der Waals surface area (Å²) < 4.78 is 14.0. The maximum absolute atomic E-state index is 14.0. The van der Waals surface area contributed by atoms with Crippen molar-refractivity contribution in [2.45, 2.75) is 32.6 Å². The second-order valence-corrected chi connectivity index (χ2v) is 10.6. The highest BCUT2D eigenvalue weighted by Crippen LogP contribution is 2.34. The molecule has 6 rings (SSSR count). The zero-order valence-corrected chi connectivity index (χ0v) is 22.8. The molecule has 0 unspecified atom stereocenters. The number of fused-ring (bicyclic) bond motifs is 2. The molecule has 0 saturated heterocycles. The van der Waals surface area contributed by atoms with Gasteiger partial charge in [-0.3, -0.25) is 10.1 Å². The largest absolute Gasteiger partial charge is 0.352 e. The van der Waals surface area contributed by atoms with E-state index in [2.05, 4.69) is 75.4 Å². The summed E-state index contributed by atoms with van der Waals surface area (Å²) in [4.78, 5) is 7.87. The Kier molecular flexibility index (Phi) is 7.43. The highest BCUT2D eigenvalue weighted by molar-refractivity contribution is 6.01. The number of nitrogens with zero attached hydrogens (tertiary/aromatic N) is 2. The third kappa shape index (κ3) is 5.27. The van der Waals surface area contributed by atoms with Crippen molar-refractivity contribution >= 4 is 27.4 Å². The molecule has 0 amide bonds. The van der Waals surface area contributed by atoms with Crippen molar-refractivity contribution in [2.24, 2.45) is 5.92 Å². The minimum Gasteiger partial charge on any atom is -0.352 e. The highest BCUT2D eigenvalue weighted by Gasteiger charge is 2.16. The van der Waals surface area contributed by atoms with Crippen LogP contribution in [0.2, 0.25) is 0 Å². The maximum atomic E-state index is 14.0. The Morgan fingerprint density at radius 3 is 2.75 bits per heavy atom. The first-order valence-electron chi connectivity index (χ1n) is 14.0. The van der Waals surface area contributed by atoms with Crippen molar-refractivity contribution in [3.63, 3.8) is 0 Å². The molecule has 0 radical (unpaired) electrons. The molecule has 5 aromatic rings. The molecule has 1 aliphatic rings. The van der Waals surface area contributed by atoms with Gasteiger partial charge in [0.15, 0.2) is 0 Å². The van der Waals surface area contributed by atoms with E-state index in [1.54, 1.807) is 18.5 Å². The molecule has 2 aromatic carbocycles. The molecule has 0 spiro atoms. The Bertz CT molecular complexity index is 1730. The van der Waals surface area contributed by atoms with Crippen molar-refractivity contribution < 1.29 is 4.39 Å². The van der Waals surface area contributed by atoms with Gasteiger partial charge in [-0.25, -0.2) is 4.39 Å². The number of rotatable bonds is 9. The topological polar surface area (TPSA) is 69.4 Å². The van der Waals surface area contributed by atoms with Crippen molar-refractivity contribution in [3.8, 4) is 22.5 Å². The second kappa shape index (κ2) is 11.4. The minimum atomic E-state index is -0.269. The Morgan fingerprint density at radius 2 is 1.95 bits per heavy atom. The van der Waals surface area contributed by atoms with Crippen molar-refractivity contribution in [1.29, 1.82) is 0 Å². The number of aromatic nitrogens is 4.